The fraction of sp³-hybridized carbons (Fsp3) is 0.500. The third kappa shape index (κ3) is 3.75. The van der Waals surface area contributed by atoms with E-state index in [1.807, 2.05) is 0 Å². The summed E-state index contributed by atoms with van der Waals surface area (Å²) in [5.74, 6) is 2.12. The van der Waals surface area contributed by atoms with Gasteiger partial charge in [-0.05, 0) is 18.7 Å². The highest BCUT2D eigenvalue weighted by Gasteiger charge is 2.21. The molecule has 2 aliphatic heterocycles. The Morgan fingerprint density at radius 1 is 0.731 bits per heavy atom. The van der Waals surface area contributed by atoms with Gasteiger partial charge in [-0.2, -0.15) is 0 Å². The predicted octanol–water partition coefficient (Wildman–Crippen LogP) is 1.95. The normalized spacial score (nSPS) is 19.0. The van der Waals surface area contributed by atoms with Crippen LogP contribution in [0, 0.1) is 0 Å². The molecule has 2 aliphatic rings. The van der Waals surface area contributed by atoms with Crippen LogP contribution in [0.4, 0.5) is 17.3 Å². The lowest BCUT2D eigenvalue weighted by Crippen LogP contribution is -2.47. The summed E-state index contributed by atoms with van der Waals surface area (Å²) >= 11 is 0. The molecule has 0 atom stereocenters. The van der Waals surface area contributed by atoms with E-state index < -0.39 is 0 Å². The van der Waals surface area contributed by atoms with Crippen molar-refractivity contribution >= 4 is 17.3 Å². The average molecular weight is 352 g/mol. The Morgan fingerprint density at radius 2 is 1.27 bits per heavy atom. The lowest BCUT2D eigenvalue weighted by molar-refractivity contribution is 0.270. The number of anilines is 3. The van der Waals surface area contributed by atoms with Gasteiger partial charge in [-0.3, -0.25) is 0 Å². The fourth-order valence-corrected chi connectivity index (χ4v) is 3.81. The molecule has 0 radical (unpaired) electrons. The second-order valence-electron chi connectivity index (χ2n) is 6.97. The molecule has 26 heavy (non-hydrogen) atoms. The Balaban J connectivity index is 1.38. The molecule has 2 aromatic rings. The molecule has 1 aromatic heterocycles. The fourth-order valence-electron chi connectivity index (χ4n) is 3.81. The summed E-state index contributed by atoms with van der Waals surface area (Å²) in [5, 5.41) is 0. The number of benzene rings is 1. The molecule has 0 amide bonds. The summed E-state index contributed by atoms with van der Waals surface area (Å²) in [6.45, 7) is 11.7. The van der Waals surface area contributed by atoms with Crippen LogP contribution in [0.25, 0.3) is 0 Å². The van der Waals surface area contributed by atoms with Gasteiger partial charge in [0.2, 0.25) is 0 Å². The first-order valence-corrected chi connectivity index (χ1v) is 9.68. The van der Waals surface area contributed by atoms with E-state index in [1.165, 1.54) is 5.69 Å². The van der Waals surface area contributed by atoms with Crippen LogP contribution in [0.15, 0.2) is 42.7 Å². The zero-order valence-corrected chi connectivity index (χ0v) is 15.6. The predicted molar refractivity (Wildman–Crippen MR) is 107 cm³/mol. The van der Waals surface area contributed by atoms with Crippen molar-refractivity contribution in [3.63, 3.8) is 0 Å². The maximum Gasteiger partial charge on any atom is 0.134 e. The van der Waals surface area contributed by atoms with Gasteiger partial charge in [-0.15, -0.1) is 0 Å². The van der Waals surface area contributed by atoms with Crippen LogP contribution >= 0.6 is 0 Å². The molecular formula is C20H28N6. The number of likely N-dealkylation sites (N-methyl/N-ethyl adjacent to an activating group) is 1. The summed E-state index contributed by atoms with van der Waals surface area (Å²) in [6, 6.07) is 12.8. The van der Waals surface area contributed by atoms with Crippen molar-refractivity contribution in [2.75, 3.05) is 73.6 Å². The maximum absolute atomic E-state index is 4.55. The number of piperazine rings is 2. The quantitative estimate of drug-likeness (QED) is 0.837. The third-order valence-electron chi connectivity index (χ3n) is 5.51. The Labute approximate surface area is 156 Å². The Kier molecular flexibility index (Phi) is 5.20. The molecule has 1 aromatic carbocycles. The van der Waals surface area contributed by atoms with E-state index in [0.717, 1.165) is 70.5 Å². The van der Waals surface area contributed by atoms with Crippen LogP contribution in [-0.2, 0) is 0 Å². The highest BCUT2D eigenvalue weighted by Crippen LogP contribution is 2.22. The molecule has 0 aliphatic carbocycles. The summed E-state index contributed by atoms with van der Waals surface area (Å²) < 4.78 is 0. The first-order chi connectivity index (χ1) is 12.8. The van der Waals surface area contributed by atoms with E-state index in [4.69, 9.17) is 0 Å². The van der Waals surface area contributed by atoms with Crippen molar-refractivity contribution in [3.8, 4) is 0 Å². The third-order valence-corrected chi connectivity index (χ3v) is 5.51. The number of rotatable bonds is 4. The highest BCUT2D eigenvalue weighted by atomic mass is 15.3. The average Bonchev–Trinajstić information content (AvgIpc) is 2.75. The number of hydrogen-bond acceptors (Lipinski definition) is 6. The topological polar surface area (TPSA) is 38.7 Å². The minimum absolute atomic E-state index is 0.995. The van der Waals surface area contributed by atoms with Gasteiger partial charge in [-0.1, -0.05) is 25.1 Å². The van der Waals surface area contributed by atoms with E-state index >= 15 is 0 Å². The lowest BCUT2D eigenvalue weighted by Gasteiger charge is -2.37. The van der Waals surface area contributed by atoms with Crippen molar-refractivity contribution in [1.82, 2.24) is 14.9 Å². The number of para-hydroxylation sites is 1. The van der Waals surface area contributed by atoms with Gasteiger partial charge >= 0.3 is 0 Å². The molecule has 0 spiro atoms. The lowest BCUT2D eigenvalue weighted by atomic mass is 10.2. The molecule has 0 N–H and O–H groups in total. The van der Waals surface area contributed by atoms with Crippen molar-refractivity contribution in [3.05, 3.63) is 42.7 Å². The summed E-state index contributed by atoms with van der Waals surface area (Å²) in [4.78, 5) is 18.8. The number of aromatic nitrogens is 2. The highest BCUT2D eigenvalue weighted by molar-refractivity contribution is 5.53. The van der Waals surface area contributed by atoms with Gasteiger partial charge in [0.25, 0.3) is 0 Å². The first kappa shape index (κ1) is 17.1. The molecular weight excluding hydrogens is 324 g/mol. The molecule has 4 rings (SSSR count). The molecule has 0 saturated carbocycles. The van der Waals surface area contributed by atoms with Gasteiger partial charge in [-0.25, -0.2) is 9.97 Å². The number of nitrogens with zero attached hydrogens (tertiary/aromatic N) is 6. The molecule has 2 saturated heterocycles. The monoisotopic (exact) mass is 352 g/mol. The van der Waals surface area contributed by atoms with Crippen LogP contribution < -0.4 is 14.7 Å². The van der Waals surface area contributed by atoms with E-state index in [0.29, 0.717) is 0 Å². The molecule has 2 fully saturated rings. The molecule has 6 nitrogen and oxygen atoms in total. The van der Waals surface area contributed by atoms with Crippen LogP contribution in [-0.4, -0.2) is 73.8 Å². The second-order valence-corrected chi connectivity index (χ2v) is 6.97. The Bertz CT molecular complexity index is 690. The van der Waals surface area contributed by atoms with Crippen LogP contribution in [0.2, 0.25) is 0 Å². The van der Waals surface area contributed by atoms with Crippen molar-refractivity contribution < 1.29 is 0 Å². The second kappa shape index (κ2) is 7.91. The molecule has 6 heteroatoms. The van der Waals surface area contributed by atoms with E-state index in [1.54, 1.807) is 6.33 Å². The molecule has 3 heterocycles. The van der Waals surface area contributed by atoms with Gasteiger partial charge < -0.3 is 19.6 Å². The number of hydrogen-bond donors (Lipinski definition) is 0. The summed E-state index contributed by atoms with van der Waals surface area (Å²) in [6.07, 6.45) is 1.72. The Morgan fingerprint density at radius 3 is 1.85 bits per heavy atom. The summed E-state index contributed by atoms with van der Waals surface area (Å²) in [5.41, 5.74) is 1.31. The van der Waals surface area contributed by atoms with Gasteiger partial charge in [0.1, 0.15) is 18.0 Å². The van der Waals surface area contributed by atoms with E-state index in [2.05, 4.69) is 72.9 Å². The first-order valence-electron chi connectivity index (χ1n) is 9.68. The molecule has 0 bridgehead atoms. The van der Waals surface area contributed by atoms with E-state index in [9.17, 15) is 0 Å². The minimum atomic E-state index is 0.995. The van der Waals surface area contributed by atoms with Crippen molar-refractivity contribution in [2.45, 2.75) is 6.92 Å². The van der Waals surface area contributed by atoms with Crippen LogP contribution in [0.3, 0.4) is 0 Å². The minimum Gasteiger partial charge on any atom is -0.368 e. The zero-order valence-electron chi connectivity index (χ0n) is 15.6. The standard InChI is InChI=1S/C20H28N6/c1-2-23-8-10-25(11-9-23)19-16-20(22-17-21-19)26-14-12-24(13-15-26)18-6-4-3-5-7-18/h3-7,16-17H,2,8-15H2,1H3. The largest absolute Gasteiger partial charge is 0.368 e. The zero-order chi connectivity index (χ0) is 17.8. The van der Waals surface area contributed by atoms with Crippen molar-refractivity contribution in [2.24, 2.45) is 0 Å². The van der Waals surface area contributed by atoms with E-state index in [-0.39, 0.29) is 0 Å². The maximum atomic E-state index is 4.55. The van der Waals surface area contributed by atoms with Crippen LogP contribution in [0.1, 0.15) is 6.92 Å². The van der Waals surface area contributed by atoms with Crippen molar-refractivity contribution in [1.29, 1.82) is 0 Å². The summed E-state index contributed by atoms with van der Waals surface area (Å²) in [7, 11) is 0. The Hall–Kier alpha value is -2.34. The molecule has 0 unspecified atom stereocenters. The smallest absolute Gasteiger partial charge is 0.134 e. The van der Waals surface area contributed by atoms with Gasteiger partial charge in [0.15, 0.2) is 0 Å². The molecule has 138 valence electrons. The van der Waals surface area contributed by atoms with Crippen LogP contribution in [0.5, 0.6) is 0 Å². The SMILES string of the molecule is CCN1CCN(c2cc(N3CCN(c4ccccc4)CC3)ncn2)CC1. The van der Waals surface area contributed by atoms with Gasteiger partial charge in [0.05, 0.1) is 0 Å². The van der Waals surface area contributed by atoms with Gasteiger partial charge in [0, 0.05) is 64.1 Å².